The van der Waals surface area contributed by atoms with Crippen molar-refractivity contribution in [2.45, 2.75) is 110 Å². The maximum absolute atomic E-state index is 12.6. The van der Waals surface area contributed by atoms with Crippen molar-refractivity contribution in [3.05, 3.63) is 12.2 Å². The molecule has 2 nitrogen and oxygen atoms in total. The maximum atomic E-state index is 12.6. The fourth-order valence-corrected chi connectivity index (χ4v) is 5.55. The fraction of sp³-hybridized carbons (Fsp3) is 0.880. The van der Waals surface area contributed by atoms with Crippen molar-refractivity contribution in [1.29, 1.82) is 0 Å². The molecule has 0 amide bonds. The Hall–Kier alpha value is -0.790. The Morgan fingerprint density at radius 2 is 1.37 bits per heavy atom. The predicted molar refractivity (Wildman–Crippen MR) is 112 cm³/mol. The van der Waals surface area contributed by atoms with E-state index in [0.717, 1.165) is 43.4 Å². The SMILES string of the molecule is CCCC1CCC(OC(=O)C2CCC(/C=C/C3CCC(C)CC3)CC2)CC1. The van der Waals surface area contributed by atoms with E-state index in [-0.39, 0.29) is 18.0 Å². The van der Waals surface area contributed by atoms with Crippen LogP contribution in [0.15, 0.2) is 12.2 Å². The summed E-state index contributed by atoms with van der Waals surface area (Å²) in [7, 11) is 0. The number of esters is 1. The summed E-state index contributed by atoms with van der Waals surface area (Å²) in [4.78, 5) is 12.6. The molecule has 0 heterocycles. The lowest BCUT2D eigenvalue weighted by molar-refractivity contribution is -0.157. The lowest BCUT2D eigenvalue weighted by Gasteiger charge is -2.31. The van der Waals surface area contributed by atoms with Gasteiger partial charge in [-0.05, 0) is 87.9 Å². The highest BCUT2D eigenvalue weighted by Gasteiger charge is 2.30. The normalized spacial score (nSPS) is 38.0. The van der Waals surface area contributed by atoms with Gasteiger partial charge in [0.1, 0.15) is 6.10 Å². The molecule has 3 saturated carbocycles. The molecule has 0 N–H and O–H groups in total. The Balaban J connectivity index is 1.33. The van der Waals surface area contributed by atoms with E-state index in [1.807, 2.05) is 0 Å². The third-order valence-corrected chi connectivity index (χ3v) is 7.59. The first-order valence-corrected chi connectivity index (χ1v) is 12.0. The molecule has 0 aromatic carbocycles. The van der Waals surface area contributed by atoms with E-state index in [9.17, 15) is 4.79 Å². The van der Waals surface area contributed by atoms with Crippen molar-refractivity contribution in [2.24, 2.45) is 29.6 Å². The van der Waals surface area contributed by atoms with Crippen LogP contribution in [-0.4, -0.2) is 12.1 Å². The highest BCUT2D eigenvalue weighted by Crippen LogP contribution is 2.35. The van der Waals surface area contributed by atoms with Gasteiger partial charge in [0.15, 0.2) is 0 Å². The van der Waals surface area contributed by atoms with E-state index in [1.54, 1.807) is 0 Å². The molecule has 0 bridgehead atoms. The molecule has 154 valence electrons. The van der Waals surface area contributed by atoms with Gasteiger partial charge in [0.2, 0.25) is 0 Å². The molecule has 0 aromatic rings. The van der Waals surface area contributed by atoms with Crippen LogP contribution in [0.2, 0.25) is 0 Å². The second-order valence-corrected chi connectivity index (χ2v) is 9.88. The average Bonchev–Trinajstić information content (AvgIpc) is 2.70. The highest BCUT2D eigenvalue weighted by molar-refractivity contribution is 5.72. The maximum Gasteiger partial charge on any atom is 0.309 e. The Bertz CT molecular complexity index is 459. The van der Waals surface area contributed by atoms with Crippen molar-refractivity contribution >= 4 is 5.97 Å². The van der Waals surface area contributed by atoms with Crippen LogP contribution in [0.3, 0.4) is 0 Å². The summed E-state index contributed by atoms with van der Waals surface area (Å²) in [5.74, 6) is 3.58. The second-order valence-electron chi connectivity index (χ2n) is 9.88. The molecule has 0 aliphatic heterocycles. The first kappa shape index (κ1) is 20.9. The summed E-state index contributed by atoms with van der Waals surface area (Å²) in [6, 6.07) is 0. The van der Waals surface area contributed by atoms with Crippen LogP contribution >= 0.6 is 0 Å². The Morgan fingerprint density at radius 1 is 0.815 bits per heavy atom. The van der Waals surface area contributed by atoms with Gasteiger partial charge in [-0.25, -0.2) is 0 Å². The van der Waals surface area contributed by atoms with Gasteiger partial charge in [-0.3, -0.25) is 4.79 Å². The minimum absolute atomic E-state index is 0.109. The number of hydrogen-bond donors (Lipinski definition) is 0. The number of carbonyl (C=O) groups is 1. The molecule has 3 rings (SSSR count). The van der Waals surface area contributed by atoms with Crippen LogP contribution in [0, 0.1) is 29.6 Å². The first-order chi connectivity index (χ1) is 13.1. The quantitative estimate of drug-likeness (QED) is 0.367. The van der Waals surface area contributed by atoms with E-state index in [2.05, 4.69) is 26.0 Å². The van der Waals surface area contributed by atoms with Gasteiger partial charge in [0.05, 0.1) is 5.92 Å². The lowest BCUT2D eigenvalue weighted by atomic mass is 9.79. The standard InChI is InChI=1S/C25H42O2/c1-3-4-20-13-17-24(18-14-20)27-25(26)23-15-11-22(12-16-23)10-9-21-7-5-19(2)6-8-21/h9-10,19-24H,3-8,11-18H2,1-2H3/b10-9+. The zero-order chi connectivity index (χ0) is 19.1. The van der Waals surface area contributed by atoms with Crippen LogP contribution in [-0.2, 0) is 9.53 Å². The van der Waals surface area contributed by atoms with Crippen molar-refractivity contribution in [1.82, 2.24) is 0 Å². The topological polar surface area (TPSA) is 26.3 Å². The minimum atomic E-state index is 0.109. The molecular weight excluding hydrogens is 332 g/mol. The summed E-state index contributed by atoms with van der Waals surface area (Å²) in [6.07, 6.45) is 22.5. The first-order valence-electron chi connectivity index (χ1n) is 12.0. The van der Waals surface area contributed by atoms with Crippen LogP contribution in [0.5, 0.6) is 0 Å². The number of allylic oxidation sites excluding steroid dienone is 2. The van der Waals surface area contributed by atoms with Gasteiger partial charge in [0.25, 0.3) is 0 Å². The van der Waals surface area contributed by atoms with Crippen molar-refractivity contribution in [2.75, 3.05) is 0 Å². The molecule has 0 atom stereocenters. The van der Waals surface area contributed by atoms with Gasteiger partial charge in [-0.1, -0.05) is 51.7 Å². The molecule has 3 fully saturated rings. The van der Waals surface area contributed by atoms with E-state index < -0.39 is 0 Å². The van der Waals surface area contributed by atoms with Crippen LogP contribution in [0.4, 0.5) is 0 Å². The number of hydrogen-bond acceptors (Lipinski definition) is 2. The molecule has 0 spiro atoms. The summed E-state index contributed by atoms with van der Waals surface area (Å²) in [5, 5.41) is 0. The largest absolute Gasteiger partial charge is 0.462 e. The Morgan fingerprint density at radius 3 is 1.93 bits per heavy atom. The zero-order valence-corrected chi connectivity index (χ0v) is 17.8. The van der Waals surface area contributed by atoms with E-state index in [1.165, 1.54) is 64.2 Å². The van der Waals surface area contributed by atoms with E-state index in [4.69, 9.17) is 4.74 Å². The molecule has 0 saturated heterocycles. The van der Waals surface area contributed by atoms with Crippen molar-refractivity contribution in [3.8, 4) is 0 Å². The summed E-state index contributed by atoms with van der Waals surface area (Å²) >= 11 is 0. The van der Waals surface area contributed by atoms with E-state index >= 15 is 0 Å². The van der Waals surface area contributed by atoms with Crippen LogP contribution in [0.25, 0.3) is 0 Å². The second kappa shape index (κ2) is 10.7. The summed E-state index contributed by atoms with van der Waals surface area (Å²) in [5.41, 5.74) is 0. The summed E-state index contributed by atoms with van der Waals surface area (Å²) < 4.78 is 5.90. The third-order valence-electron chi connectivity index (χ3n) is 7.59. The molecule has 3 aliphatic carbocycles. The Kier molecular flexibility index (Phi) is 8.27. The molecular formula is C25H42O2. The van der Waals surface area contributed by atoms with Crippen LogP contribution < -0.4 is 0 Å². The van der Waals surface area contributed by atoms with Gasteiger partial charge in [-0.15, -0.1) is 0 Å². The molecule has 0 radical (unpaired) electrons. The highest BCUT2D eigenvalue weighted by atomic mass is 16.5. The predicted octanol–water partition coefficient (Wildman–Crippen LogP) is 7.08. The third kappa shape index (κ3) is 6.64. The van der Waals surface area contributed by atoms with Gasteiger partial charge in [-0.2, -0.15) is 0 Å². The van der Waals surface area contributed by atoms with Gasteiger partial charge in [0, 0.05) is 0 Å². The fourth-order valence-electron chi connectivity index (χ4n) is 5.55. The molecule has 2 heteroatoms. The number of ether oxygens (including phenoxy) is 1. The minimum Gasteiger partial charge on any atom is -0.462 e. The molecule has 0 aromatic heterocycles. The van der Waals surface area contributed by atoms with Gasteiger partial charge < -0.3 is 4.74 Å². The smallest absolute Gasteiger partial charge is 0.309 e. The lowest BCUT2D eigenvalue weighted by Crippen LogP contribution is -2.30. The van der Waals surface area contributed by atoms with E-state index in [0.29, 0.717) is 5.92 Å². The zero-order valence-electron chi connectivity index (χ0n) is 17.8. The molecule has 27 heavy (non-hydrogen) atoms. The monoisotopic (exact) mass is 374 g/mol. The number of rotatable bonds is 6. The number of carbonyl (C=O) groups excluding carboxylic acids is 1. The molecule has 0 unspecified atom stereocenters. The van der Waals surface area contributed by atoms with Crippen molar-refractivity contribution in [3.63, 3.8) is 0 Å². The molecule has 3 aliphatic rings. The van der Waals surface area contributed by atoms with Gasteiger partial charge >= 0.3 is 5.97 Å². The van der Waals surface area contributed by atoms with Crippen LogP contribution in [0.1, 0.15) is 104 Å². The average molecular weight is 375 g/mol. The van der Waals surface area contributed by atoms with Crippen molar-refractivity contribution < 1.29 is 9.53 Å². The summed E-state index contributed by atoms with van der Waals surface area (Å²) in [6.45, 7) is 4.66. The Labute approximate surface area is 167 Å².